The number of ether oxygens (including phenoxy) is 1. The molecular formula is C23H31FN6O2. The molecule has 172 valence electrons. The molecule has 0 aromatic carbocycles. The molecule has 4 heterocycles. The first-order valence-corrected chi connectivity index (χ1v) is 11.7. The normalized spacial score (nSPS) is 23.5. The second kappa shape index (κ2) is 8.42. The average Bonchev–Trinajstić information content (AvgIpc) is 3.40. The van der Waals surface area contributed by atoms with Crippen molar-refractivity contribution in [3.8, 4) is 5.82 Å². The highest BCUT2D eigenvalue weighted by Crippen LogP contribution is 2.48. The number of carbonyl (C=O) groups is 1. The van der Waals surface area contributed by atoms with E-state index < -0.39 is 0 Å². The second-order valence-electron chi connectivity index (χ2n) is 9.63. The first-order chi connectivity index (χ1) is 15.5. The summed E-state index contributed by atoms with van der Waals surface area (Å²) in [7, 11) is 0. The van der Waals surface area contributed by atoms with Gasteiger partial charge in [-0.05, 0) is 71.0 Å². The fourth-order valence-corrected chi connectivity index (χ4v) is 5.85. The largest absolute Gasteiger partial charge is 0.450 e. The van der Waals surface area contributed by atoms with Gasteiger partial charge in [-0.1, -0.05) is 5.21 Å². The van der Waals surface area contributed by atoms with E-state index in [1.165, 1.54) is 19.0 Å². The van der Waals surface area contributed by atoms with Crippen LogP contribution in [0.3, 0.4) is 0 Å². The van der Waals surface area contributed by atoms with Crippen LogP contribution >= 0.6 is 0 Å². The van der Waals surface area contributed by atoms with Gasteiger partial charge in [0, 0.05) is 30.1 Å². The molecule has 1 atom stereocenters. The molecule has 0 radical (unpaired) electrons. The Balaban J connectivity index is 1.20. The summed E-state index contributed by atoms with van der Waals surface area (Å²) >= 11 is 0. The topological polar surface area (TPSA) is 76.4 Å². The van der Waals surface area contributed by atoms with Crippen molar-refractivity contribution >= 4 is 6.09 Å². The van der Waals surface area contributed by atoms with Crippen LogP contribution in [0.5, 0.6) is 0 Å². The van der Waals surface area contributed by atoms with Gasteiger partial charge >= 0.3 is 6.09 Å². The Labute approximate surface area is 187 Å². The minimum atomic E-state index is -0.308. The van der Waals surface area contributed by atoms with Gasteiger partial charge < -0.3 is 14.5 Å². The highest BCUT2D eigenvalue weighted by Gasteiger charge is 2.51. The maximum Gasteiger partial charge on any atom is 0.409 e. The minimum Gasteiger partial charge on any atom is -0.450 e. The zero-order valence-corrected chi connectivity index (χ0v) is 18.8. The van der Waals surface area contributed by atoms with E-state index in [2.05, 4.69) is 20.2 Å². The van der Waals surface area contributed by atoms with Crippen LogP contribution in [-0.2, 0) is 4.74 Å². The van der Waals surface area contributed by atoms with E-state index in [4.69, 9.17) is 4.74 Å². The number of carbonyl (C=O) groups excluding carboxylic acids is 1. The van der Waals surface area contributed by atoms with Crippen LogP contribution in [0, 0.1) is 18.2 Å². The molecule has 0 bridgehead atoms. The molecule has 3 fully saturated rings. The lowest BCUT2D eigenvalue weighted by atomic mass is 9.78. The van der Waals surface area contributed by atoms with Crippen LogP contribution in [0.25, 0.3) is 5.82 Å². The third-order valence-electron chi connectivity index (χ3n) is 7.43. The van der Waals surface area contributed by atoms with Crippen molar-refractivity contribution in [3.63, 3.8) is 0 Å². The molecule has 32 heavy (non-hydrogen) atoms. The van der Waals surface area contributed by atoms with Crippen LogP contribution in [-0.4, -0.2) is 74.7 Å². The number of piperidine rings is 1. The maximum atomic E-state index is 14.1. The number of pyridine rings is 1. The molecule has 5 rings (SSSR count). The highest BCUT2D eigenvalue weighted by atomic mass is 19.1. The fraction of sp³-hybridized carbons (Fsp3) is 0.652. The number of aryl methyl sites for hydroxylation is 1. The number of rotatable bonds is 4. The highest BCUT2D eigenvalue weighted by molar-refractivity contribution is 5.69. The van der Waals surface area contributed by atoms with Gasteiger partial charge in [-0.2, -0.15) is 0 Å². The number of nitrogens with zero attached hydrogens (tertiary/aromatic N) is 6. The van der Waals surface area contributed by atoms with Crippen molar-refractivity contribution in [2.75, 3.05) is 32.8 Å². The molecule has 1 aliphatic carbocycles. The third kappa shape index (κ3) is 3.98. The Kier molecular flexibility index (Phi) is 5.61. The first-order valence-electron chi connectivity index (χ1n) is 11.7. The van der Waals surface area contributed by atoms with Crippen molar-refractivity contribution in [1.29, 1.82) is 0 Å². The summed E-state index contributed by atoms with van der Waals surface area (Å²) in [6.45, 7) is 7.81. The number of aromatic nitrogens is 4. The summed E-state index contributed by atoms with van der Waals surface area (Å²) in [5, 5.41) is 8.20. The monoisotopic (exact) mass is 442 g/mol. The van der Waals surface area contributed by atoms with Crippen molar-refractivity contribution in [1.82, 2.24) is 29.8 Å². The summed E-state index contributed by atoms with van der Waals surface area (Å²) in [6, 6.07) is 2.19. The van der Waals surface area contributed by atoms with Gasteiger partial charge in [0.1, 0.15) is 5.82 Å². The summed E-state index contributed by atoms with van der Waals surface area (Å²) < 4.78 is 20.8. The molecule has 2 aromatic heterocycles. The van der Waals surface area contributed by atoms with Crippen molar-refractivity contribution < 1.29 is 13.9 Å². The smallest absolute Gasteiger partial charge is 0.409 e. The standard InChI is InChI=1S/C23H31FN6O2/c1-3-32-22(31)29-14-23(15-29)7-4-19(11-23)28-8-5-17(6-9-28)20-10-18(24)12-25-21(20)30-13-16(2)26-27-30/h10,12-13,17,19H,3-9,11,14-15H2,1-2H3/t19-/m0/s1. The van der Waals surface area contributed by atoms with E-state index in [0.717, 1.165) is 56.7 Å². The molecular weight excluding hydrogens is 411 g/mol. The third-order valence-corrected chi connectivity index (χ3v) is 7.43. The molecule has 1 saturated carbocycles. The molecule has 8 nitrogen and oxygen atoms in total. The predicted molar refractivity (Wildman–Crippen MR) is 116 cm³/mol. The van der Waals surface area contributed by atoms with Crippen molar-refractivity contribution in [2.24, 2.45) is 5.41 Å². The van der Waals surface area contributed by atoms with Gasteiger partial charge in [-0.3, -0.25) is 0 Å². The molecule has 2 saturated heterocycles. The summed E-state index contributed by atoms with van der Waals surface area (Å²) in [4.78, 5) is 20.7. The average molecular weight is 443 g/mol. The van der Waals surface area contributed by atoms with Gasteiger partial charge in [0.25, 0.3) is 0 Å². The SMILES string of the molecule is CCOC(=O)N1CC2(CC[C@H](N3CCC(c4cc(F)cnc4-n4cc(C)nn4)CC3)C2)C1. The maximum absolute atomic E-state index is 14.1. The van der Waals surface area contributed by atoms with E-state index in [-0.39, 0.29) is 23.2 Å². The molecule has 0 unspecified atom stereocenters. The lowest BCUT2D eigenvalue weighted by Gasteiger charge is -2.48. The van der Waals surface area contributed by atoms with E-state index in [0.29, 0.717) is 18.5 Å². The minimum absolute atomic E-state index is 0.176. The van der Waals surface area contributed by atoms with Crippen LogP contribution in [0.2, 0.25) is 0 Å². The van der Waals surface area contributed by atoms with Crippen LogP contribution in [0.4, 0.5) is 9.18 Å². The summed E-state index contributed by atoms with van der Waals surface area (Å²) in [5.74, 6) is 0.628. The van der Waals surface area contributed by atoms with Gasteiger partial charge in [0.05, 0.1) is 24.7 Å². The number of hydrogen-bond donors (Lipinski definition) is 0. The lowest BCUT2D eigenvalue weighted by molar-refractivity contribution is -0.00360. The number of amides is 1. The zero-order valence-electron chi connectivity index (χ0n) is 18.8. The predicted octanol–water partition coefficient (Wildman–Crippen LogP) is 3.30. The van der Waals surface area contributed by atoms with Crippen molar-refractivity contribution in [3.05, 3.63) is 35.5 Å². The van der Waals surface area contributed by atoms with E-state index in [9.17, 15) is 9.18 Å². The zero-order chi connectivity index (χ0) is 22.3. The number of halogens is 1. The van der Waals surface area contributed by atoms with Gasteiger partial charge in [0.2, 0.25) is 0 Å². The second-order valence-corrected chi connectivity index (χ2v) is 9.63. The number of hydrogen-bond acceptors (Lipinski definition) is 6. The molecule has 2 aliphatic heterocycles. The summed E-state index contributed by atoms with van der Waals surface area (Å²) in [5.41, 5.74) is 2.00. The van der Waals surface area contributed by atoms with Gasteiger partial charge in [0.15, 0.2) is 5.82 Å². The molecule has 1 amide bonds. The van der Waals surface area contributed by atoms with E-state index >= 15 is 0 Å². The quantitative estimate of drug-likeness (QED) is 0.723. The molecule has 1 spiro atoms. The van der Waals surface area contributed by atoms with Crippen LogP contribution < -0.4 is 0 Å². The fourth-order valence-electron chi connectivity index (χ4n) is 5.85. The summed E-state index contributed by atoms with van der Waals surface area (Å²) in [6.07, 6.45) is 8.37. The van der Waals surface area contributed by atoms with Crippen LogP contribution in [0.1, 0.15) is 56.2 Å². The Morgan fingerprint density at radius 1 is 1.28 bits per heavy atom. The lowest BCUT2D eigenvalue weighted by Crippen LogP contribution is -2.58. The Bertz CT molecular complexity index is 981. The molecule has 2 aromatic rings. The van der Waals surface area contributed by atoms with E-state index in [1.807, 2.05) is 24.9 Å². The van der Waals surface area contributed by atoms with E-state index in [1.54, 1.807) is 10.7 Å². The number of likely N-dealkylation sites (tertiary alicyclic amines) is 2. The van der Waals surface area contributed by atoms with Crippen molar-refractivity contribution in [2.45, 2.75) is 57.9 Å². The molecule has 9 heteroatoms. The molecule has 0 N–H and O–H groups in total. The van der Waals surface area contributed by atoms with Gasteiger partial charge in [-0.25, -0.2) is 18.9 Å². The Hall–Kier alpha value is -2.55. The first kappa shape index (κ1) is 21.3. The Morgan fingerprint density at radius 3 is 2.75 bits per heavy atom. The van der Waals surface area contributed by atoms with Gasteiger partial charge in [-0.15, -0.1) is 5.10 Å². The Morgan fingerprint density at radius 2 is 2.06 bits per heavy atom. The van der Waals surface area contributed by atoms with Crippen LogP contribution in [0.15, 0.2) is 18.5 Å². The molecule has 3 aliphatic rings.